The first-order chi connectivity index (χ1) is 11.8. The van der Waals surface area contributed by atoms with Gasteiger partial charge in [-0.2, -0.15) is 0 Å². The van der Waals surface area contributed by atoms with Gasteiger partial charge in [-0.3, -0.25) is 4.90 Å². The van der Waals surface area contributed by atoms with E-state index in [2.05, 4.69) is 51.7 Å². The van der Waals surface area contributed by atoms with Gasteiger partial charge in [-0.1, -0.05) is 46.8 Å². The van der Waals surface area contributed by atoms with Crippen LogP contribution in [0.1, 0.15) is 76.1 Å². The van der Waals surface area contributed by atoms with Crippen LogP contribution in [-0.2, 0) is 28.4 Å². The Balaban J connectivity index is 1.79. The van der Waals surface area contributed by atoms with Crippen LogP contribution in [0.15, 0.2) is 12.1 Å². The van der Waals surface area contributed by atoms with E-state index in [0.717, 1.165) is 32.7 Å². The van der Waals surface area contributed by atoms with E-state index in [1.165, 1.54) is 32.2 Å². The molecule has 0 N–H and O–H groups in total. The molecule has 0 aromatic heterocycles. The van der Waals surface area contributed by atoms with Crippen molar-refractivity contribution in [1.82, 2.24) is 4.90 Å². The van der Waals surface area contributed by atoms with E-state index in [1.807, 2.05) is 0 Å². The molecule has 25 heavy (non-hydrogen) atoms. The lowest BCUT2D eigenvalue weighted by atomic mass is 9.62. The molecule has 0 amide bonds. The smallest absolute Gasteiger partial charge is 0.0594 e. The number of benzene rings is 1. The number of fused-ring (bicyclic) bond motifs is 1. The average molecular weight is 344 g/mol. The molecule has 0 atom stereocenters. The number of hydrogen-bond donors (Lipinski definition) is 0. The van der Waals surface area contributed by atoms with Gasteiger partial charge in [-0.05, 0) is 71.7 Å². The van der Waals surface area contributed by atoms with E-state index in [4.69, 9.17) is 4.74 Å². The van der Waals surface area contributed by atoms with Crippen LogP contribution in [0.2, 0.25) is 0 Å². The van der Waals surface area contributed by atoms with E-state index in [-0.39, 0.29) is 0 Å². The first-order valence-corrected chi connectivity index (χ1v) is 10.3. The van der Waals surface area contributed by atoms with E-state index < -0.39 is 0 Å². The largest absolute Gasteiger partial charge is 0.379 e. The lowest BCUT2D eigenvalue weighted by Gasteiger charge is -2.42. The summed E-state index contributed by atoms with van der Waals surface area (Å²) in [6.07, 6.45) is 6.22. The van der Waals surface area contributed by atoms with Crippen LogP contribution in [0.5, 0.6) is 0 Å². The summed E-state index contributed by atoms with van der Waals surface area (Å²) in [5.74, 6) is 0. The number of hydrogen-bond acceptors (Lipinski definition) is 2. The maximum atomic E-state index is 5.46. The van der Waals surface area contributed by atoms with Crippen LogP contribution in [0.4, 0.5) is 0 Å². The highest BCUT2D eigenvalue weighted by Crippen LogP contribution is 2.46. The molecule has 1 aliphatic carbocycles. The molecule has 2 heteroatoms. The van der Waals surface area contributed by atoms with Crippen LogP contribution < -0.4 is 0 Å². The molecule has 1 aromatic rings. The van der Waals surface area contributed by atoms with Gasteiger partial charge in [-0.25, -0.2) is 0 Å². The van der Waals surface area contributed by atoms with Gasteiger partial charge in [0.15, 0.2) is 0 Å². The topological polar surface area (TPSA) is 12.5 Å². The zero-order valence-corrected chi connectivity index (χ0v) is 17.1. The highest BCUT2D eigenvalue weighted by atomic mass is 16.5. The Kier molecular flexibility index (Phi) is 5.60. The Morgan fingerprint density at radius 1 is 0.920 bits per heavy atom. The molecule has 2 nitrogen and oxygen atoms in total. The highest BCUT2D eigenvalue weighted by Gasteiger charge is 2.37. The predicted molar refractivity (Wildman–Crippen MR) is 107 cm³/mol. The predicted octanol–water partition coefficient (Wildman–Crippen LogP) is 4.86. The van der Waals surface area contributed by atoms with Crippen molar-refractivity contribution < 1.29 is 4.74 Å². The lowest BCUT2D eigenvalue weighted by molar-refractivity contribution is 0.0374. The number of aryl methyl sites for hydroxylation is 2. The average Bonchev–Trinajstić information content (AvgIpc) is 2.59. The van der Waals surface area contributed by atoms with Crippen molar-refractivity contribution >= 4 is 0 Å². The molecule has 0 unspecified atom stereocenters. The molecule has 0 spiro atoms. The second-order valence-corrected chi connectivity index (χ2v) is 9.35. The van der Waals surface area contributed by atoms with Gasteiger partial charge in [-0.15, -0.1) is 0 Å². The Bertz CT molecular complexity index is 596. The maximum absolute atomic E-state index is 5.46. The summed E-state index contributed by atoms with van der Waals surface area (Å²) in [5, 5.41) is 0. The Morgan fingerprint density at radius 2 is 1.48 bits per heavy atom. The van der Waals surface area contributed by atoms with E-state index in [9.17, 15) is 0 Å². The molecule has 2 aliphatic rings. The van der Waals surface area contributed by atoms with Gasteiger partial charge < -0.3 is 4.74 Å². The van der Waals surface area contributed by atoms with Gasteiger partial charge in [0.1, 0.15) is 0 Å². The number of rotatable bonds is 5. The number of ether oxygens (including phenoxy) is 1. The number of nitrogens with zero attached hydrogens (tertiary/aromatic N) is 1. The Hall–Kier alpha value is -0.860. The zero-order valence-electron chi connectivity index (χ0n) is 17.1. The molecule has 0 saturated carbocycles. The van der Waals surface area contributed by atoms with Gasteiger partial charge in [0.2, 0.25) is 0 Å². The van der Waals surface area contributed by atoms with E-state index in [1.54, 1.807) is 22.3 Å². The molecule has 1 saturated heterocycles. The molecule has 140 valence electrons. The fraction of sp³-hybridized carbons (Fsp3) is 0.739. The van der Waals surface area contributed by atoms with Crippen molar-refractivity contribution in [3.63, 3.8) is 0 Å². The van der Waals surface area contributed by atoms with Crippen LogP contribution in [-0.4, -0.2) is 37.7 Å². The zero-order chi connectivity index (χ0) is 18.1. The molecule has 3 rings (SSSR count). The lowest BCUT2D eigenvalue weighted by Crippen LogP contribution is -2.37. The van der Waals surface area contributed by atoms with Gasteiger partial charge in [0, 0.05) is 13.1 Å². The van der Waals surface area contributed by atoms with Crippen molar-refractivity contribution in [3.8, 4) is 0 Å². The molecule has 1 aliphatic heterocycles. The summed E-state index contributed by atoms with van der Waals surface area (Å²) in [6.45, 7) is 17.3. The normalized spacial score (nSPS) is 22.6. The van der Waals surface area contributed by atoms with Gasteiger partial charge >= 0.3 is 0 Å². The quantitative estimate of drug-likeness (QED) is 0.757. The summed E-state index contributed by atoms with van der Waals surface area (Å²) >= 11 is 0. The van der Waals surface area contributed by atoms with Crippen LogP contribution in [0.25, 0.3) is 0 Å². The summed E-state index contributed by atoms with van der Waals surface area (Å²) in [7, 11) is 0. The van der Waals surface area contributed by atoms with Crippen molar-refractivity contribution in [2.75, 3.05) is 32.8 Å². The first-order valence-electron chi connectivity index (χ1n) is 10.3. The summed E-state index contributed by atoms with van der Waals surface area (Å²) < 4.78 is 5.46. The molecule has 1 heterocycles. The minimum absolute atomic E-state index is 0.316. The molecule has 0 radical (unpaired) electrons. The molecule has 1 fully saturated rings. The van der Waals surface area contributed by atoms with Crippen molar-refractivity contribution in [1.29, 1.82) is 0 Å². The molecular weight excluding hydrogens is 306 g/mol. The third kappa shape index (κ3) is 4.11. The molecule has 0 bridgehead atoms. The standard InChI is InChI=1S/C23H37NO/c1-6-18-16-20-21(23(4,5)10-9-22(20,2)3)17-19(18)8-7-11-24-12-14-25-15-13-24/h16-17H,6-15H2,1-5H3. The Morgan fingerprint density at radius 3 is 2.04 bits per heavy atom. The first kappa shape index (κ1) is 18.9. The number of morpholine rings is 1. The third-order valence-electron chi connectivity index (χ3n) is 6.58. The second kappa shape index (κ2) is 7.40. The fourth-order valence-electron chi connectivity index (χ4n) is 4.58. The van der Waals surface area contributed by atoms with E-state index >= 15 is 0 Å². The fourth-order valence-corrected chi connectivity index (χ4v) is 4.58. The maximum Gasteiger partial charge on any atom is 0.0594 e. The van der Waals surface area contributed by atoms with Crippen LogP contribution in [0.3, 0.4) is 0 Å². The summed E-state index contributed by atoms with van der Waals surface area (Å²) in [4.78, 5) is 2.56. The van der Waals surface area contributed by atoms with Crippen molar-refractivity contribution in [2.24, 2.45) is 0 Å². The minimum Gasteiger partial charge on any atom is -0.379 e. The summed E-state index contributed by atoms with van der Waals surface area (Å²) in [6, 6.07) is 5.13. The minimum atomic E-state index is 0.316. The van der Waals surface area contributed by atoms with Crippen LogP contribution in [0, 0.1) is 0 Å². The highest BCUT2D eigenvalue weighted by molar-refractivity contribution is 5.47. The third-order valence-corrected chi connectivity index (χ3v) is 6.58. The summed E-state index contributed by atoms with van der Waals surface area (Å²) in [5.41, 5.74) is 7.03. The molecule has 1 aromatic carbocycles. The second-order valence-electron chi connectivity index (χ2n) is 9.35. The van der Waals surface area contributed by atoms with Gasteiger partial charge in [0.25, 0.3) is 0 Å². The van der Waals surface area contributed by atoms with Crippen molar-refractivity contribution in [2.45, 2.75) is 77.6 Å². The Labute approximate surface area is 154 Å². The van der Waals surface area contributed by atoms with Crippen LogP contribution >= 0.6 is 0 Å². The SMILES string of the molecule is CCc1cc2c(cc1CCCN1CCOCC1)C(C)(C)CCC2(C)C. The monoisotopic (exact) mass is 343 g/mol. The van der Waals surface area contributed by atoms with Crippen molar-refractivity contribution in [3.05, 3.63) is 34.4 Å². The molecular formula is C23H37NO. The van der Waals surface area contributed by atoms with E-state index in [0.29, 0.717) is 10.8 Å². The van der Waals surface area contributed by atoms with Gasteiger partial charge in [0.05, 0.1) is 13.2 Å².